The van der Waals surface area contributed by atoms with E-state index in [1.165, 1.54) is 6.07 Å². The highest BCUT2D eigenvalue weighted by atomic mass is 79.9. The van der Waals surface area contributed by atoms with Crippen LogP contribution in [0.25, 0.3) is 0 Å². The average Bonchev–Trinajstić information content (AvgIpc) is 2.73. The number of aromatic carboxylic acids is 1. The molecule has 0 fully saturated rings. The van der Waals surface area contributed by atoms with Gasteiger partial charge in [-0.25, -0.2) is 9.42 Å². The fourth-order valence-corrected chi connectivity index (χ4v) is 1.83. The SMILES string of the molecule is Cc1nonc1COc1c(Br)cccc1C(=O)O. The minimum Gasteiger partial charge on any atom is -0.485 e. The Labute approximate surface area is 111 Å². The summed E-state index contributed by atoms with van der Waals surface area (Å²) in [6.45, 7) is 1.82. The molecule has 2 rings (SSSR count). The molecule has 0 aliphatic carbocycles. The van der Waals surface area contributed by atoms with Gasteiger partial charge in [0, 0.05) is 0 Å². The van der Waals surface area contributed by atoms with E-state index in [1.54, 1.807) is 19.1 Å². The number of para-hydroxylation sites is 1. The van der Waals surface area contributed by atoms with Crippen LogP contribution < -0.4 is 4.74 Å². The third kappa shape index (κ3) is 2.51. The lowest BCUT2D eigenvalue weighted by Crippen LogP contribution is -2.05. The van der Waals surface area contributed by atoms with Gasteiger partial charge in [0.05, 0.1) is 4.47 Å². The van der Waals surface area contributed by atoms with Crippen LogP contribution in [-0.4, -0.2) is 21.4 Å². The molecule has 1 aromatic heterocycles. The van der Waals surface area contributed by atoms with Crippen LogP contribution in [0.5, 0.6) is 5.75 Å². The van der Waals surface area contributed by atoms with Crippen LogP contribution in [-0.2, 0) is 6.61 Å². The third-order valence-electron chi connectivity index (χ3n) is 2.30. The lowest BCUT2D eigenvalue weighted by molar-refractivity contribution is 0.0691. The molecule has 0 unspecified atom stereocenters. The summed E-state index contributed by atoms with van der Waals surface area (Å²) in [6, 6.07) is 4.80. The largest absolute Gasteiger partial charge is 0.485 e. The molecule has 7 heteroatoms. The summed E-state index contributed by atoms with van der Waals surface area (Å²) in [5.41, 5.74) is 1.22. The third-order valence-corrected chi connectivity index (χ3v) is 2.92. The Morgan fingerprint density at radius 1 is 1.50 bits per heavy atom. The summed E-state index contributed by atoms with van der Waals surface area (Å²) in [5, 5.41) is 16.3. The molecule has 0 spiro atoms. The minimum absolute atomic E-state index is 0.0819. The van der Waals surface area contributed by atoms with E-state index >= 15 is 0 Å². The topological polar surface area (TPSA) is 85.5 Å². The molecule has 0 aliphatic rings. The number of nitrogens with zero attached hydrogens (tertiary/aromatic N) is 2. The summed E-state index contributed by atoms with van der Waals surface area (Å²) in [4.78, 5) is 11.1. The zero-order valence-electron chi connectivity index (χ0n) is 9.38. The first-order valence-corrected chi connectivity index (χ1v) is 5.81. The first kappa shape index (κ1) is 12.6. The molecule has 0 atom stereocenters. The molecule has 1 aromatic carbocycles. The number of rotatable bonds is 4. The van der Waals surface area contributed by atoms with E-state index in [0.29, 0.717) is 15.9 Å². The molecule has 0 aliphatic heterocycles. The average molecular weight is 313 g/mol. The van der Waals surface area contributed by atoms with Crippen LogP contribution in [0.15, 0.2) is 27.3 Å². The normalized spacial score (nSPS) is 10.3. The summed E-state index contributed by atoms with van der Waals surface area (Å²) in [6.07, 6.45) is 0. The predicted molar refractivity (Wildman–Crippen MR) is 64.5 cm³/mol. The quantitative estimate of drug-likeness (QED) is 0.933. The highest BCUT2D eigenvalue weighted by molar-refractivity contribution is 9.10. The second kappa shape index (κ2) is 5.18. The van der Waals surface area contributed by atoms with Crippen molar-refractivity contribution < 1.29 is 19.3 Å². The lowest BCUT2D eigenvalue weighted by atomic mass is 10.2. The molecule has 1 N–H and O–H groups in total. The highest BCUT2D eigenvalue weighted by Crippen LogP contribution is 2.29. The van der Waals surface area contributed by atoms with E-state index in [9.17, 15) is 4.79 Å². The number of benzene rings is 1. The molecule has 18 heavy (non-hydrogen) atoms. The van der Waals surface area contributed by atoms with E-state index in [4.69, 9.17) is 9.84 Å². The van der Waals surface area contributed by atoms with Crippen molar-refractivity contribution in [1.82, 2.24) is 10.3 Å². The molecule has 0 bridgehead atoms. The van der Waals surface area contributed by atoms with Crippen LogP contribution in [0.2, 0.25) is 0 Å². The number of hydrogen-bond acceptors (Lipinski definition) is 5. The molecular formula is C11H9BrN2O4. The second-order valence-corrected chi connectivity index (χ2v) is 4.36. The van der Waals surface area contributed by atoms with E-state index in [-0.39, 0.29) is 17.9 Å². The number of ether oxygens (including phenoxy) is 1. The van der Waals surface area contributed by atoms with Gasteiger partial charge in [-0.1, -0.05) is 16.4 Å². The maximum absolute atomic E-state index is 11.1. The molecule has 1 heterocycles. The van der Waals surface area contributed by atoms with Crippen molar-refractivity contribution in [3.05, 3.63) is 39.6 Å². The van der Waals surface area contributed by atoms with Crippen LogP contribution >= 0.6 is 15.9 Å². The minimum atomic E-state index is -1.05. The van der Waals surface area contributed by atoms with Gasteiger partial charge in [-0.2, -0.15) is 0 Å². The Morgan fingerprint density at radius 3 is 2.89 bits per heavy atom. The van der Waals surface area contributed by atoms with Gasteiger partial charge in [0.2, 0.25) is 0 Å². The van der Waals surface area contributed by atoms with Gasteiger partial charge in [-0.3, -0.25) is 0 Å². The standard InChI is InChI=1S/C11H9BrN2O4/c1-6-9(14-18-13-6)5-17-10-7(11(15)16)3-2-4-8(10)12/h2-4H,5H2,1H3,(H,15,16). The maximum atomic E-state index is 11.1. The number of aryl methyl sites for hydroxylation is 1. The van der Waals surface area contributed by atoms with Crippen molar-refractivity contribution in [2.24, 2.45) is 0 Å². The fraction of sp³-hybridized carbons (Fsp3) is 0.182. The number of hydrogen-bond donors (Lipinski definition) is 1. The van der Waals surface area contributed by atoms with Crippen molar-refractivity contribution in [3.63, 3.8) is 0 Å². The maximum Gasteiger partial charge on any atom is 0.339 e. The van der Waals surface area contributed by atoms with Crippen molar-refractivity contribution in [2.75, 3.05) is 0 Å². The number of carboxylic acid groups (broad SMARTS) is 1. The zero-order valence-corrected chi connectivity index (χ0v) is 11.0. The van der Waals surface area contributed by atoms with Gasteiger partial charge in [0.15, 0.2) is 0 Å². The Hall–Kier alpha value is -1.89. The molecule has 0 saturated heterocycles. The molecule has 0 radical (unpaired) electrons. The molecule has 6 nitrogen and oxygen atoms in total. The van der Waals surface area contributed by atoms with E-state index < -0.39 is 5.97 Å². The smallest absolute Gasteiger partial charge is 0.339 e. The summed E-state index contributed by atoms with van der Waals surface area (Å²) >= 11 is 3.25. The van der Waals surface area contributed by atoms with Crippen LogP contribution in [0.1, 0.15) is 21.7 Å². The van der Waals surface area contributed by atoms with Gasteiger partial charge in [-0.05, 0) is 35.0 Å². The highest BCUT2D eigenvalue weighted by Gasteiger charge is 2.15. The lowest BCUT2D eigenvalue weighted by Gasteiger charge is -2.09. The number of aromatic nitrogens is 2. The Balaban J connectivity index is 2.24. The molecule has 2 aromatic rings. The number of halogens is 1. The van der Waals surface area contributed by atoms with Crippen molar-refractivity contribution in [1.29, 1.82) is 0 Å². The first-order chi connectivity index (χ1) is 8.59. The number of carboxylic acids is 1. The van der Waals surface area contributed by atoms with Crippen LogP contribution in [0.4, 0.5) is 0 Å². The Morgan fingerprint density at radius 2 is 2.28 bits per heavy atom. The molecule has 94 valence electrons. The van der Waals surface area contributed by atoms with Crippen LogP contribution in [0.3, 0.4) is 0 Å². The van der Waals surface area contributed by atoms with Crippen molar-refractivity contribution in [3.8, 4) is 5.75 Å². The van der Waals surface area contributed by atoms with Gasteiger partial charge < -0.3 is 9.84 Å². The summed E-state index contributed by atoms with van der Waals surface area (Å²) in [7, 11) is 0. The monoisotopic (exact) mass is 312 g/mol. The predicted octanol–water partition coefficient (Wildman–Crippen LogP) is 2.42. The molecule has 0 saturated carbocycles. The van der Waals surface area contributed by atoms with Gasteiger partial charge >= 0.3 is 5.97 Å². The van der Waals surface area contributed by atoms with Crippen molar-refractivity contribution in [2.45, 2.75) is 13.5 Å². The first-order valence-electron chi connectivity index (χ1n) is 5.02. The number of carbonyl (C=O) groups is 1. The molecule has 0 amide bonds. The van der Waals surface area contributed by atoms with E-state index in [2.05, 4.69) is 30.9 Å². The Kier molecular flexibility index (Phi) is 3.61. The second-order valence-electron chi connectivity index (χ2n) is 3.51. The van der Waals surface area contributed by atoms with Crippen LogP contribution in [0, 0.1) is 6.92 Å². The summed E-state index contributed by atoms with van der Waals surface area (Å²) in [5.74, 6) is -0.798. The summed E-state index contributed by atoms with van der Waals surface area (Å²) < 4.78 is 10.6. The zero-order chi connectivity index (χ0) is 13.1. The van der Waals surface area contributed by atoms with Gasteiger partial charge in [0.1, 0.15) is 29.3 Å². The van der Waals surface area contributed by atoms with Gasteiger partial charge in [0.25, 0.3) is 0 Å². The molecular weight excluding hydrogens is 304 g/mol. The van der Waals surface area contributed by atoms with Gasteiger partial charge in [-0.15, -0.1) is 0 Å². The van der Waals surface area contributed by atoms with E-state index in [1.807, 2.05) is 0 Å². The fourth-order valence-electron chi connectivity index (χ4n) is 1.34. The van der Waals surface area contributed by atoms with E-state index in [0.717, 1.165) is 0 Å². The Bertz CT molecular complexity index is 582. The van der Waals surface area contributed by atoms with Crippen molar-refractivity contribution >= 4 is 21.9 Å².